The van der Waals surface area contributed by atoms with Crippen molar-refractivity contribution >= 4 is 12.0 Å². The van der Waals surface area contributed by atoms with Crippen molar-refractivity contribution in [3.8, 4) is 0 Å². The number of carboxylic acid groups (broad SMARTS) is 1. The average Bonchev–Trinajstić information content (AvgIpc) is 2.91. The van der Waals surface area contributed by atoms with E-state index < -0.39 is 17.6 Å². The van der Waals surface area contributed by atoms with Gasteiger partial charge in [-0.25, -0.2) is 9.59 Å². The monoisotopic (exact) mass is 230 g/mol. The van der Waals surface area contributed by atoms with E-state index in [0.29, 0.717) is 6.54 Å². The number of aliphatic hydroxyl groups is 1. The number of carboxylic acids is 1. The summed E-state index contributed by atoms with van der Waals surface area (Å²) in [7, 11) is 0. The van der Waals surface area contributed by atoms with Gasteiger partial charge in [0.15, 0.2) is 5.60 Å². The number of aliphatic carboxylic acids is 1. The Morgan fingerprint density at radius 1 is 1.38 bits per heavy atom. The Morgan fingerprint density at radius 3 is 2.38 bits per heavy atom. The zero-order valence-electron chi connectivity index (χ0n) is 9.54. The van der Waals surface area contributed by atoms with Gasteiger partial charge in [-0.2, -0.15) is 0 Å². The van der Waals surface area contributed by atoms with Gasteiger partial charge in [0.1, 0.15) is 0 Å². The van der Waals surface area contributed by atoms with Gasteiger partial charge in [-0.15, -0.1) is 0 Å². The van der Waals surface area contributed by atoms with Crippen LogP contribution in [0.25, 0.3) is 0 Å². The van der Waals surface area contributed by atoms with Crippen molar-refractivity contribution < 1.29 is 19.8 Å². The van der Waals surface area contributed by atoms with Gasteiger partial charge in [-0.3, -0.25) is 0 Å². The fourth-order valence-corrected chi connectivity index (χ4v) is 1.07. The Hall–Kier alpha value is -1.30. The van der Waals surface area contributed by atoms with Crippen LogP contribution in [0.15, 0.2) is 0 Å². The normalized spacial score (nSPS) is 20.7. The number of urea groups is 1. The van der Waals surface area contributed by atoms with E-state index in [1.807, 2.05) is 0 Å². The molecule has 0 spiro atoms. The maximum atomic E-state index is 11.3. The summed E-state index contributed by atoms with van der Waals surface area (Å²) in [5.74, 6) is -1.36. The van der Waals surface area contributed by atoms with E-state index in [9.17, 15) is 14.7 Å². The molecular weight excluding hydrogens is 212 g/mol. The van der Waals surface area contributed by atoms with Crippen LogP contribution in [0.2, 0.25) is 0 Å². The predicted octanol–water partition coefficient (Wildman–Crippen LogP) is -0.0787. The first-order valence-corrected chi connectivity index (χ1v) is 5.23. The molecule has 6 nitrogen and oxygen atoms in total. The minimum absolute atomic E-state index is 0.201. The first kappa shape index (κ1) is 12.8. The third-order valence-electron chi connectivity index (χ3n) is 2.83. The van der Waals surface area contributed by atoms with Gasteiger partial charge in [0, 0.05) is 6.54 Å². The Labute approximate surface area is 94.0 Å². The van der Waals surface area contributed by atoms with Gasteiger partial charge in [0.2, 0.25) is 0 Å². The summed E-state index contributed by atoms with van der Waals surface area (Å²) in [4.78, 5) is 21.8. The van der Waals surface area contributed by atoms with E-state index in [1.54, 1.807) is 0 Å². The number of nitrogens with one attached hydrogen (secondary N) is 2. The summed E-state index contributed by atoms with van der Waals surface area (Å²) in [6.45, 7) is 3.47. The van der Waals surface area contributed by atoms with E-state index in [-0.39, 0.29) is 12.0 Å². The number of carbonyl (C=O) groups excluding carboxylic acids is 1. The molecule has 2 amide bonds. The first-order chi connectivity index (χ1) is 7.25. The summed E-state index contributed by atoms with van der Waals surface area (Å²) in [6.07, 6.45) is 2.19. The maximum absolute atomic E-state index is 11.3. The SMILES string of the molecule is CC1(CNC(=O)NCC(C)(O)C(=O)O)CC1. The molecule has 1 aliphatic rings. The molecule has 0 bridgehead atoms. The maximum Gasteiger partial charge on any atom is 0.337 e. The van der Waals surface area contributed by atoms with Gasteiger partial charge >= 0.3 is 12.0 Å². The van der Waals surface area contributed by atoms with Gasteiger partial charge in [0.25, 0.3) is 0 Å². The minimum atomic E-state index is -1.93. The van der Waals surface area contributed by atoms with E-state index in [2.05, 4.69) is 17.6 Å². The highest BCUT2D eigenvalue weighted by Crippen LogP contribution is 2.43. The number of hydrogen-bond acceptors (Lipinski definition) is 3. The van der Waals surface area contributed by atoms with Crippen LogP contribution in [-0.4, -0.2) is 40.9 Å². The Kier molecular flexibility index (Phi) is 3.42. The predicted molar refractivity (Wildman–Crippen MR) is 57.0 cm³/mol. The molecule has 1 aliphatic carbocycles. The second-order valence-electron chi connectivity index (χ2n) is 4.93. The lowest BCUT2D eigenvalue weighted by Gasteiger charge is -2.19. The molecule has 92 valence electrons. The Bertz CT molecular complexity index is 297. The average molecular weight is 230 g/mol. The Balaban J connectivity index is 2.22. The van der Waals surface area contributed by atoms with Crippen molar-refractivity contribution in [2.24, 2.45) is 5.41 Å². The molecule has 0 aliphatic heterocycles. The molecule has 6 heteroatoms. The minimum Gasteiger partial charge on any atom is -0.479 e. The van der Waals surface area contributed by atoms with Crippen molar-refractivity contribution in [3.05, 3.63) is 0 Å². The molecule has 1 atom stereocenters. The Morgan fingerprint density at radius 2 is 1.94 bits per heavy atom. The van der Waals surface area contributed by atoms with E-state index in [0.717, 1.165) is 19.8 Å². The topological polar surface area (TPSA) is 98.7 Å². The molecule has 1 saturated carbocycles. The van der Waals surface area contributed by atoms with Crippen molar-refractivity contribution in [1.82, 2.24) is 10.6 Å². The molecule has 1 unspecified atom stereocenters. The van der Waals surface area contributed by atoms with E-state index in [4.69, 9.17) is 5.11 Å². The van der Waals surface area contributed by atoms with Crippen LogP contribution in [0.3, 0.4) is 0 Å². The fourth-order valence-electron chi connectivity index (χ4n) is 1.07. The third-order valence-corrected chi connectivity index (χ3v) is 2.83. The molecule has 1 rings (SSSR count). The molecule has 0 radical (unpaired) electrons. The van der Waals surface area contributed by atoms with Crippen molar-refractivity contribution in [2.45, 2.75) is 32.3 Å². The molecule has 4 N–H and O–H groups in total. The molecule has 16 heavy (non-hydrogen) atoms. The van der Waals surface area contributed by atoms with Crippen LogP contribution >= 0.6 is 0 Å². The van der Waals surface area contributed by atoms with Gasteiger partial charge in [0.05, 0.1) is 6.54 Å². The summed E-state index contributed by atoms with van der Waals surface area (Å²) in [5, 5.41) is 22.9. The number of rotatable bonds is 5. The second kappa shape index (κ2) is 4.29. The summed E-state index contributed by atoms with van der Waals surface area (Å²) >= 11 is 0. The lowest BCUT2D eigenvalue weighted by molar-refractivity contribution is -0.155. The van der Waals surface area contributed by atoms with Crippen molar-refractivity contribution in [2.75, 3.05) is 13.1 Å². The largest absolute Gasteiger partial charge is 0.479 e. The highest BCUT2D eigenvalue weighted by Gasteiger charge is 2.37. The van der Waals surface area contributed by atoms with Crippen LogP contribution in [0.4, 0.5) is 4.79 Å². The molecule has 0 aromatic carbocycles. The highest BCUT2D eigenvalue weighted by molar-refractivity contribution is 5.79. The number of carbonyl (C=O) groups is 2. The molecule has 0 aromatic heterocycles. The standard InChI is InChI=1S/C10H18N2O4/c1-9(3-4-9)5-11-8(15)12-6-10(2,16)7(13)14/h16H,3-6H2,1-2H3,(H,13,14)(H2,11,12,15). The molecule has 1 fully saturated rings. The second-order valence-corrected chi connectivity index (χ2v) is 4.93. The van der Waals surface area contributed by atoms with Gasteiger partial charge < -0.3 is 20.8 Å². The molecular formula is C10H18N2O4. The molecule has 0 saturated heterocycles. The van der Waals surface area contributed by atoms with Crippen LogP contribution < -0.4 is 10.6 Å². The van der Waals surface area contributed by atoms with Crippen LogP contribution in [-0.2, 0) is 4.79 Å². The lowest BCUT2D eigenvalue weighted by Crippen LogP contribution is -2.49. The molecule has 0 heterocycles. The summed E-state index contributed by atoms with van der Waals surface area (Å²) in [5.41, 5.74) is -1.73. The summed E-state index contributed by atoms with van der Waals surface area (Å²) in [6, 6.07) is -0.449. The summed E-state index contributed by atoms with van der Waals surface area (Å²) < 4.78 is 0. The van der Waals surface area contributed by atoms with Crippen LogP contribution in [0, 0.1) is 5.41 Å². The zero-order chi connectivity index (χ0) is 12.4. The van der Waals surface area contributed by atoms with E-state index >= 15 is 0 Å². The van der Waals surface area contributed by atoms with Crippen molar-refractivity contribution in [3.63, 3.8) is 0 Å². The van der Waals surface area contributed by atoms with Crippen LogP contribution in [0.5, 0.6) is 0 Å². The number of hydrogen-bond donors (Lipinski definition) is 4. The quantitative estimate of drug-likeness (QED) is 0.531. The van der Waals surface area contributed by atoms with Gasteiger partial charge in [-0.05, 0) is 25.2 Å². The number of amides is 2. The van der Waals surface area contributed by atoms with E-state index in [1.165, 1.54) is 0 Å². The lowest BCUT2D eigenvalue weighted by atomic mass is 10.1. The van der Waals surface area contributed by atoms with Crippen LogP contribution in [0.1, 0.15) is 26.7 Å². The third kappa shape index (κ3) is 3.69. The zero-order valence-corrected chi connectivity index (χ0v) is 9.54. The van der Waals surface area contributed by atoms with Crippen molar-refractivity contribution in [1.29, 1.82) is 0 Å². The molecule has 0 aromatic rings. The smallest absolute Gasteiger partial charge is 0.337 e. The first-order valence-electron chi connectivity index (χ1n) is 5.23. The highest BCUT2D eigenvalue weighted by atomic mass is 16.4. The van der Waals surface area contributed by atoms with Gasteiger partial charge in [-0.1, -0.05) is 6.92 Å². The fraction of sp³-hybridized carbons (Fsp3) is 0.800.